The molecule has 0 saturated carbocycles. The lowest BCUT2D eigenvalue weighted by Crippen LogP contribution is -1.95. The normalized spacial score (nSPS) is 12.4. The van der Waals surface area contributed by atoms with Gasteiger partial charge in [-0.05, 0) is 187 Å². The number of allylic oxidation sites excluding steroid dienone is 4. The Morgan fingerprint density at radius 3 is 1.38 bits per heavy atom. The summed E-state index contributed by atoms with van der Waals surface area (Å²) >= 11 is 3.37. The minimum absolute atomic E-state index is 0.835. The first kappa shape index (κ1) is 50.7. The maximum Gasteiger partial charge on any atom is 0.160 e. The summed E-state index contributed by atoms with van der Waals surface area (Å²) in [6.45, 7) is 22.6. The summed E-state index contributed by atoms with van der Waals surface area (Å²) in [7, 11) is 0. The zero-order chi connectivity index (χ0) is 48.3. The molecular weight excluding hydrogens is 869 g/mol. The van der Waals surface area contributed by atoms with Crippen molar-refractivity contribution >= 4 is 73.3 Å². The molecule has 68 heavy (non-hydrogen) atoms. The molecular formula is C61H74N4OS2. The van der Waals surface area contributed by atoms with Gasteiger partial charge in [-0.1, -0.05) is 108 Å². The molecule has 0 fully saturated rings. The highest BCUT2D eigenvalue weighted by Gasteiger charge is 2.27. The number of aryl methyl sites for hydroxylation is 6. The average Bonchev–Trinajstić information content (AvgIpc) is 4.21. The fourth-order valence-electron chi connectivity index (χ4n) is 10.7. The number of aromatic amines is 2. The summed E-state index contributed by atoms with van der Waals surface area (Å²) < 4.78 is 0. The first-order chi connectivity index (χ1) is 33.2. The third-order valence-corrected chi connectivity index (χ3v) is 16.5. The number of hydrogen-bond donors (Lipinski definition) is 2. The van der Waals surface area contributed by atoms with Crippen LogP contribution < -0.4 is 0 Å². The van der Waals surface area contributed by atoms with Gasteiger partial charge < -0.3 is 9.97 Å². The molecule has 0 unspecified atom stereocenters. The van der Waals surface area contributed by atoms with Crippen LogP contribution in [0.1, 0.15) is 223 Å². The van der Waals surface area contributed by atoms with Gasteiger partial charge in [-0.3, -0.25) is 4.79 Å². The lowest BCUT2D eigenvalue weighted by Gasteiger charge is -2.08. The Balaban J connectivity index is 1.48. The lowest BCUT2D eigenvalue weighted by atomic mass is 9.94. The van der Waals surface area contributed by atoms with Crippen molar-refractivity contribution in [3.8, 4) is 33.4 Å². The fraction of sp³-hybridized carbons (Fsp3) is 0.459. The van der Waals surface area contributed by atoms with Gasteiger partial charge in [-0.25, -0.2) is 9.97 Å². The maximum absolute atomic E-state index is 12.2. The van der Waals surface area contributed by atoms with Crippen molar-refractivity contribution in [2.45, 2.75) is 185 Å². The molecule has 0 saturated heterocycles. The van der Waals surface area contributed by atoms with E-state index in [0.29, 0.717) is 0 Å². The second-order valence-electron chi connectivity index (χ2n) is 18.3. The van der Waals surface area contributed by atoms with Crippen molar-refractivity contribution in [3.05, 3.63) is 102 Å². The molecule has 2 aliphatic heterocycles. The van der Waals surface area contributed by atoms with Crippen molar-refractivity contribution in [1.29, 1.82) is 0 Å². The quantitative estimate of drug-likeness (QED) is 0.0464. The largest absolute Gasteiger partial charge is 0.355 e. The molecule has 0 radical (unpaired) electrons. The summed E-state index contributed by atoms with van der Waals surface area (Å²) in [4.78, 5) is 35.5. The molecule has 5 nitrogen and oxygen atoms in total. The molecule has 7 heterocycles. The van der Waals surface area contributed by atoms with E-state index in [4.69, 9.17) is 9.97 Å². The van der Waals surface area contributed by atoms with Crippen LogP contribution in [0.5, 0.6) is 0 Å². The summed E-state index contributed by atoms with van der Waals surface area (Å²) in [5.41, 5.74) is 22.3. The molecule has 8 bridgehead atoms. The molecule has 7 rings (SSSR count). The summed E-state index contributed by atoms with van der Waals surface area (Å²) in [6, 6.07) is 11.6. The fourth-order valence-corrected chi connectivity index (χ4v) is 12.8. The first-order valence-corrected chi connectivity index (χ1v) is 27.9. The van der Waals surface area contributed by atoms with E-state index in [-0.39, 0.29) is 0 Å². The topological polar surface area (TPSA) is 74.4 Å². The lowest BCUT2D eigenvalue weighted by molar-refractivity contribution is 0.112. The minimum Gasteiger partial charge on any atom is -0.355 e. The molecule has 2 aliphatic rings. The number of carbonyl (C=O) groups is 1. The van der Waals surface area contributed by atoms with E-state index in [1.54, 1.807) is 22.7 Å². The number of aldehydes is 1. The van der Waals surface area contributed by atoms with Gasteiger partial charge >= 0.3 is 0 Å². The Morgan fingerprint density at radius 1 is 0.485 bits per heavy atom. The highest BCUT2D eigenvalue weighted by Crippen LogP contribution is 2.42. The SMILES string of the molecule is CCCCCCc1cc(-c2cc(CCCCCC)c(C=O)s2)sc1C#CC#Cc1c2nc(cc3[nH]c(cc4[nH]c(cc5nc1C(CC)=C5CC)c(CC)c4CC)c(CC)c3CC)C(CC)=C2CC. The highest BCUT2D eigenvalue weighted by atomic mass is 32.1. The molecule has 0 spiro atoms. The number of nitrogens with one attached hydrogen (secondary N) is 2. The third-order valence-electron chi connectivity index (χ3n) is 14.1. The van der Waals surface area contributed by atoms with Crippen LogP contribution in [0.3, 0.4) is 0 Å². The molecule has 7 heteroatoms. The smallest absolute Gasteiger partial charge is 0.160 e. The van der Waals surface area contributed by atoms with Gasteiger partial charge in [0.05, 0.1) is 38.1 Å². The second kappa shape index (κ2) is 23.9. The number of hydrogen-bond acceptors (Lipinski definition) is 5. The van der Waals surface area contributed by atoms with Crippen LogP contribution in [0.15, 0.2) is 30.3 Å². The maximum atomic E-state index is 12.2. The summed E-state index contributed by atoms with van der Waals surface area (Å²) in [5.74, 6) is 14.0. The van der Waals surface area contributed by atoms with Gasteiger partial charge in [0, 0.05) is 31.8 Å². The Hall–Kier alpha value is -5.21. The molecule has 2 N–H and O–H groups in total. The minimum atomic E-state index is 0.835. The van der Waals surface area contributed by atoms with Crippen LogP contribution in [0.4, 0.5) is 0 Å². The number of H-pyrrole nitrogens is 2. The van der Waals surface area contributed by atoms with E-state index in [0.717, 1.165) is 132 Å². The number of aromatic nitrogens is 4. The second-order valence-corrected chi connectivity index (χ2v) is 20.4. The van der Waals surface area contributed by atoms with Gasteiger partial charge in [0.25, 0.3) is 0 Å². The zero-order valence-corrected chi connectivity index (χ0v) is 44.4. The van der Waals surface area contributed by atoms with Gasteiger partial charge in [0.1, 0.15) is 0 Å². The number of unbranched alkanes of at least 4 members (excludes halogenated alkanes) is 6. The number of rotatable bonds is 20. The van der Waals surface area contributed by atoms with Crippen LogP contribution >= 0.6 is 22.7 Å². The number of thiophene rings is 2. The predicted molar refractivity (Wildman–Crippen MR) is 296 cm³/mol. The van der Waals surface area contributed by atoms with E-state index >= 15 is 0 Å². The van der Waals surface area contributed by atoms with E-state index in [1.165, 1.54) is 115 Å². The molecule has 0 atom stereocenters. The molecule has 5 aromatic rings. The first-order valence-electron chi connectivity index (χ1n) is 26.2. The Morgan fingerprint density at radius 2 is 0.926 bits per heavy atom. The Labute approximate surface area is 415 Å². The molecule has 356 valence electrons. The van der Waals surface area contributed by atoms with E-state index in [9.17, 15) is 4.79 Å². The molecule has 0 amide bonds. The Kier molecular flexibility index (Phi) is 17.8. The van der Waals surface area contributed by atoms with Crippen molar-refractivity contribution in [3.63, 3.8) is 0 Å². The third kappa shape index (κ3) is 10.5. The molecule has 0 aliphatic carbocycles. The summed E-state index contributed by atoms with van der Waals surface area (Å²) in [6.07, 6.45) is 19.6. The van der Waals surface area contributed by atoms with Gasteiger partial charge in [0.2, 0.25) is 0 Å². The van der Waals surface area contributed by atoms with Crippen LogP contribution in [0.2, 0.25) is 0 Å². The van der Waals surface area contributed by atoms with E-state index in [2.05, 4.69) is 133 Å². The van der Waals surface area contributed by atoms with Gasteiger partial charge in [-0.15, -0.1) is 22.7 Å². The number of nitrogens with zero attached hydrogens (tertiary/aromatic N) is 2. The highest BCUT2D eigenvalue weighted by molar-refractivity contribution is 7.23. The molecule has 5 aromatic heterocycles. The number of fused-ring (bicyclic) bond motifs is 8. The van der Waals surface area contributed by atoms with Gasteiger partial charge in [-0.2, -0.15) is 0 Å². The number of carbonyl (C=O) groups excluding carboxylic acids is 1. The van der Waals surface area contributed by atoms with Crippen LogP contribution in [0.25, 0.3) is 54.1 Å². The van der Waals surface area contributed by atoms with Crippen molar-refractivity contribution in [2.75, 3.05) is 0 Å². The standard InChI is InChI=1S/C61H74N4OS2/c1-11-21-23-25-29-39-33-57(58-34-40(59(38-66)68-58)30-26-24-22-12-2)67-56(39)32-28-27-31-49-60-47(19-9)45(17-7)54(64-60)36-52-43(15-5)41(13-3)50(62-52)35-51-42(14-4)44(16-6)53(63-51)37-55-46(18-8)48(20-10)61(49)65-55/h33-38,62-63H,11-26,29-30H2,1-10H3. The monoisotopic (exact) mass is 943 g/mol. The van der Waals surface area contributed by atoms with Crippen LogP contribution in [-0.2, 0) is 38.5 Å². The van der Waals surface area contributed by atoms with Crippen LogP contribution in [0, 0.1) is 23.7 Å². The summed E-state index contributed by atoms with van der Waals surface area (Å²) in [5, 5.41) is 0. The van der Waals surface area contributed by atoms with E-state index in [1.807, 2.05) is 0 Å². The average molecular weight is 943 g/mol. The predicted octanol–water partition coefficient (Wildman–Crippen LogP) is 17.3. The van der Waals surface area contributed by atoms with Crippen molar-refractivity contribution < 1.29 is 4.79 Å². The Bertz CT molecular complexity index is 2880. The van der Waals surface area contributed by atoms with Crippen molar-refractivity contribution in [2.24, 2.45) is 0 Å². The molecule has 0 aromatic carbocycles. The van der Waals surface area contributed by atoms with Crippen molar-refractivity contribution in [1.82, 2.24) is 19.9 Å². The van der Waals surface area contributed by atoms with Crippen LogP contribution in [-0.4, -0.2) is 26.2 Å². The zero-order valence-electron chi connectivity index (χ0n) is 42.8. The van der Waals surface area contributed by atoms with Gasteiger partial charge in [0.15, 0.2) is 6.29 Å². The van der Waals surface area contributed by atoms with E-state index < -0.39 is 0 Å².